The Kier molecular flexibility index (Phi) is 3.45. The average molecular weight is 247 g/mol. The molecule has 0 atom stereocenters. The second kappa shape index (κ2) is 4.45. The fourth-order valence-electron chi connectivity index (χ4n) is 0.995. The van der Waals surface area contributed by atoms with E-state index in [1.54, 1.807) is 0 Å². The van der Waals surface area contributed by atoms with E-state index in [9.17, 15) is 17.6 Å². The molecule has 0 spiro atoms. The molecular formula is C8H10FN3O3S. The number of sulfonamides is 1. The van der Waals surface area contributed by atoms with Gasteiger partial charge in [0.05, 0.1) is 12.2 Å². The fraction of sp³-hybridized carbons (Fsp3) is 0.125. The smallest absolute Gasteiger partial charge is 0.243 e. The first kappa shape index (κ1) is 12.4. The quantitative estimate of drug-likeness (QED) is 0.602. The van der Waals surface area contributed by atoms with E-state index in [0.29, 0.717) is 0 Å². The van der Waals surface area contributed by atoms with E-state index in [2.05, 4.69) is 0 Å². The Balaban J connectivity index is 3.08. The number of nitrogens with two attached hydrogens (primary N) is 2. The first-order chi connectivity index (χ1) is 7.34. The maximum absolute atomic E-state index is 13.0. The number of hydrogen-bond acceptors (Lipinski definition) is 4. The molecule has 88 valence electrons. The third-order valence-electron chi connectivity index (χ3n) is 1.74. The van der Waals surface area contributed by atoms with Crippen LogP contribution in [0.1, 0.15) is 0 Å². The zero-order chi connectivity index (χ0) is 12.3. The van der Waals surface area contributed by atoms with Crippen molar-refractivity contribution in [3.8, 4) is 0 Å². The lowest BCUT2D eigenvalue weighted by Gasteiger charge is -2.07. The van der Waals surface area contributed by atoms with Gasteiger partial charge >= 0.3 is 0 Å². The van der Waals surface area contributed by atoms with Crippen molar-refractivity contribution in [1.29, 1.82) is 0 Å². The largest absolute Gasteiger partial charge is 0.395 e. The molecule has 0 aromatic heterocycles. The highest BCUT2D eigenvalue weighted by atomic mass is 32.2. The molecule has 0 aliphatic rings. The summed E-state index contributed by atoms with van der Waals surface area (Å²) < 4.78 is 38.0. The second-order valence-electron chi connectivity index (χ2n) is 2.94. The van der Waals surface area contributed by atoms with Gasteiger partial charge in [-0.25, -0.2) is 17.5 Å². The van der Waals surface area contributed by atoms with Crippen LogP contribution >= 0.6 is 0 Å². The summed E-state index contributed by atoms with van der Waals surface area (Å²) in [5, 5.41) is 0. The lowest BCUT2D eigenvalue weighted by atomic mass is 10.3. The van der Waals surface area contributed by atoms with Gasteiger partial charge in [-0.05, 0) is 12.1 Å². The van der Waals surface area contributed by atoms with E-state index >= 15 is 0 Å². The van der Waals surface area contributed by atoms with Crippen molar-refractivity contribution in [3.63, 3.8) is 0 Å². The summed E-state index contributed by atoms with van der Waals surface area (Å²) in [5.74, 6) is -1.69. The molecule has 0 saturated heterocycles. The molecule has 0 bridgehead atoms. The number of primary amides is 1. The maximum Gasteiger partial charge on any atom is 0.243 e. The first-order valence-corrected chi connectivity index (χ1v) is 5.65. The van der Waals surface area contributed by atoms with Crippen LogP contribution in [0.4, 0.5) is 10.1 Å². The standard InChI is InChI=1S/C8H10FN3O3S/c9-5-2-1-3-6(8(5)11)16(14,15)12-4-7(10)13/h1-3,12H,4,11H2,(H2,10,13). The van der Waals surface area contributed by atoms with Crippen molar-refractivity contribution in [2.24, 2.45) is 5.73 Å². The van der Waals surface area contributed by atoms with Gasteiger partial charge in [0.1, 0.15) is 10.7 Å². The molecule has 0 aliphatic heterocycles. The molecule has 0 fully saturated rings. The Labute approximate surface area is 91.5 Å². The number of halogens is 1. The van der Waals surface area contributed by atoms with Gasteiger partial charge in [-0.3, -0.25) is 4.79 Å². The molecule has 8 heteroatoms. The molecule has 6 nitrogen and oxygen atoms in total. The van der Waals surface area contributed by atoms with Crippen molar-refractivity contribution in [1.82, 2.24) is 4.72 Å². The van der Waals surface area contributed by atoms with Gasteiger partial charge < -0.3 is 11.5 Å². The van der Waals surface area contributed by atoms with Crippen LogP contribution in [0.2, 0.25) is 0 Å². The van der Waals surface area contributed by atoms with Crippen molar-refractivity contribution in [2.45, 2.75) is 4.90 Å². The van der Waals surface area contributed by atoms with Crippen LogP contribution in [0.25, 0.3) is 0 Å². The summed E-state index contributed by atoms with van der Waals surface area (Å²) >= 11 is 0. The van der Waals surface area contributed by atoms with E-state index in [1.165, 1.54) is 6.07 Å². The number of nitrogen functional groups attached to an aromatic ring is 1. The molecule has 0 radical (unpaired) electrons. The highest BCUT2D eigenvalue weighted by molar-refractivity contribution is 7.89. The molecule has 1 aromatic carbocycles. The van der Waals surface area contributed by atoms with Gasteiger partial charge in [-0.2, -0.15) is 0 Å². The molecule has 0 saturated carbocycles. The molecule has 0 unspecified atom stereocenters. The van der Waals surface area contributed by atoms with Gasteiger partial charge in [-0.15, -0.1) is 0 Å². The summed E-state index contributed by atoms with van der Waals surface area (Å²) in [4.78, 5) is 10.00. The van der Waals surface area contributed by atoms with Gasteiger partial charge in [-0.1, -0.05) is 6.07 Å². The Morgan fingerprint density at radius 3 is 2.62 bits per heavy atom. The predicted molar refractivity (Wildman–Crippen MR) is 55.2 cm³/mol. The summed E-state index contributed by atoms with van der Waals surface area (Å²) in [6.07, 6.45) is 0. The third kappa shape index (κ3) is 2.67. The Morgan fingerprint density at radius 1 is 1.44 bits per heavy atom. The number of hydrogen-bond donors (Lipinski definition) is 3. The van der Waals surface area contributed by atoms with Gasteiger partial charge in [0.25, 0.3) is 0 Å². The minimum Gasteiger partial charge on any atom is -0.395 e. The summed E-state index contributed by atoms with van der Waals surface area (Å²) in [7, 11) is -4.02. The molecular weight excluding hydrogens is 237 g/mol. The second-order valence-corrected chi connectivity index (χ2v) is 4.68. The number of benzene rings is 1. The van der Waals surface area contributed by atoms with Crippen molar-refractivity contribution < 1.29 is 17.6 Å². The normalized spacial score (nSPS) is 11.3. The van der Waals surface area contributed by atoms with E-state index in [-0.39, 0.29) is 0 Å². The van der Waals surface area contributed by atoms with E-state index in [0.717, 1.165) is 12.1 Å². The van der Waals surface area contributed by atoms with Crippen LogP contribution in [-0.4, -0.2) is 20.9 Å². The van der Waals surface area contributed by atoms with E-state index < -0.39 is 38.9 Å². The minimum atomic E-state index is -4.02. The topological polar surface area (TPSA) is 115 Å². The van der Waals surface area contributed by atoms with Crippen LogP contribution in [-0.2, 0) is 14.8 Å². The number of nitrogens with one attached hydrogen (secondary N) is 1. The SMILES string of the molecule is NC(=O)CNS(=O)(=O)c1cccc(F)c1N. The minimum absolute atomic E-state index is 0.422. The third-order valence-corrected chi connectivity index (χ3v) is 3.20. The van der Waals surface area contributed by atoms with Crippen LogP contribution in [0.5, 0.6) is 0 Å². The average Bonchev–Trinajstić information content (AvgIpc) is 2.19. The maximum atomic E-state index is 13.0. The first-order valence-electron chi connectivity index (χ1n) is 4.16. The summed E-state index contributed by atoms with van der Waals surface area (Å²) in [6.45, 7) is -0.571. The molecule has 0 heterocycles. The highest BCUT2D eigenvalue weighted by Crippen LogP contribution is 2.20. The lowest BCUT2D eigenvalue weighted by molar-refractivity contribution is -0.116. The van der Waals surface area contributed by atoms with Crippen LogP contribution < -0.4 is 16.2 Å². The molecule has 5 N–H and O–H groups in total. The van der Waals surface area contributed by atoms with Gasteiger partial charge in [0, 0.05) is 0 Å². The Bertz CT molecular complexity index is 515. The van der Waals surface area contributed by atoms with Crippen molar-refractivity contribution in [2.75, 3.05) is 12.3 Å². The van der Waals surface area contributed by atoms with Crippen LogP contribution in [0.15, 0.2) is 23.1 Å². The van der Waals surface area contributed by atoms with Crippen molar-refractivity contribution >= 4 is 21.6 Å². The number of para-hydroxylation sites is 1. The summed E-state index contributed by atoms with van der Waals surface area (Å²) in [5.41, 5.74) is 9.54. The Hall–Kier alpha value is -1.67. The highest BCUT2D eigenvalue weighted by Gasteiger charge is 2.19. The van der Waals surface area contributed by atoms with Crippen molar-refractivity contribution in [3.05, 3.63) is 24.0 Å². The fourth-order valence-corrected chi connectivity index (χ4v) is 2.13. The zero-order valence-electron chi connectivity index (χ0n) is 8.10. The van der Waals surface area contributed by atoms with E-state index in [4.69, 9.17) is 11.5 Å². The van der Waals surface area contributed by atoms with E-state index in [1.807, 2.05) is 4.72 Å². The van der Waals surface area contributed by atoms with Crippen LogP contribution in [0.3, 0.4) is 0 Å². The summed E-state index contributed by atoms with van der Waals surface area (Å²) in [6, 6.07) is 3.36. The van der Waals surface area contributed by atoms with Gasteiger partial charge in [0.15, 0.2) is 0 Å². The Morgan fingerprint density at radius 2 is 2.06 bits per heavy atom. The predicted octanol–water partition coefficient (Wildman–Crippen LogP) is -0.829. The number of anilines is 1. The number of carbonyl (C=O) groups excluding carboxylic acids is 1. The molecule has 1 amide bonds. The molecule has 16 heavy (non-hydrogen) atoms. The van der Waals surface area contributed by atoms with Crippen LogP contribution in [0, 0.1) is 5.82 Å². The number of amides is 1. The molecule has 1 rings (SSSR count). The van der Waals surface area contributed by atoms with Gasteiger partial charge in [0.2, 0.25) is 15.9 Å². The number of rotatable bonds is 4. The number of carbonyl (C=O) groups is 1. The monoisotopic (exact) mass is 247 g/mol. The molecule has 0 aliphatic carbocycles. The zero-order valence-corrected chi connectivity index (χ0v) is 8.92. The molecule has 1 aromatic rings. The lowest BCUT2D eigenvalue weighted by Crippen LogP contribution is -2.33.